The molecule has 2 rings (SSSR count). The van der Waals surface area contributed by atoms with E-state index in [9.17, 15) is 4.39 Å². The van der Waals surface area contributed by atoms with Crippen molar-refractivity contribution in [1.82, 2.24) is 14.8 Å². The molecule has 3 nitrogen and oxygen atoms in total. The van der Waals surface area contributed by atoms with E-state index in [0.717, 1.165) is 0 Å². The Bertz CT molecular complexity index is 542. The molecule has 0 N–H and O–H groups in total. The zero-order valence-electron chi connectivity index (χ0n) is 9.12. The lowest BCUT2D eigenvalue weighted by molar-refractivity contribution is 0.621. The number of halogens is 3. The van der Waals surface area contributed by atoms with Gasteiger partial charge in [0.2, 0.25) is 0 Å². The summed E-state index contributed by atoms with van der Waals surface area (Å²) >= 11 is 8.88. The molecule has 0 radical (unpaired) electrons. The van der Waals surface area contributed by atoms with Crippen molar-refractivity contribution in [3.8, 4) is 11.4 Å². The Kier molecular flexibility index (Phi) is 3.79. The summed E-state index contributed by atoms with van der Waals surface area (Å²) < 4.78 is 15.8. The molecular weight excluding hydrogens is 308 g/mol. The number of hydrogen-bond acceptors (Lipinski definition) is 2. The monoisotopic (exact) mass is 317 g/mol. The van der Waals surface area contributed by atoms with Crippen LogP contribution in [0.1, 0.15) is 12.7 Å². The van der Waals surface area contributed by atoms with E-state index < -0.39 is 0 Å². The summed E-state index contributed by atoms with van der Waals surface area (Å²) in [4.78, 5) is 0. The largest absolute Gasteiger partial charge is 0.310 e. The maximum Gasteiger partial charge on any atom is 0.164 e. The van der Waals surface area contributed by atoms with E-state index >= 15 is 0 Å². The van der Waals surface area contributed by atoms with Gasteiger partial charge in [-0.15, -0.1) is 21.8 Å². The maximum atomic E-state index is 13.5. The predicted octanol–water partition coefficient (Wildman–Crippen LogP) is 3.61. The molecule has 0 atom stereocenters. The minimum absolute atomic E-state index is 0.292. The Labute approximate surface area is 112 Å². The summed E-state index contributed by atoms with van der Waals surface area (Å²) in [5.74, 6) is 1.29. The van der Waals surface area contributed by atoms with Gasteiger partial charge in [0, 0.05) is 12.1 Å². The lowest BCUT2D eigenvalue weighted by Crippen LogP contribution is -2.02. The van der Waals surface area contributed by atoms with E-state index in [1.54, 1.807) is 12.1 Å². The molecule has 0 spiro atoms. The first-order chi connectivity index (χ1) is 8.17. The molecule has 0 aliphatic heterocycles. The predicted molar refractivity (Wildman–Crippen MR) is 68.3 cm³/mol. The van der Waals surface area contributed by atoms with Gasteiger partial charge in [-0.1, -0.05) is 0 Å². The van der Waals surface area contributed by atoms with Crippen LogP contribution in [0.2, 0.25) is 0 Å². The van der Waals surface area contributed by atoms with Crippen LogP contribution in [-0.4, -0.2) is 14.8 Å². The molecule has 0 unspecified atom stereocenters. The third-order valence-electron chi connectivity index (χ3n) is 2.44. The first kappa shape index (κ1) is 12.5. The second-order valence-electron chi connectivity index (χ2n) is 3.45. The number of nitrogens with zero attached hydrogens (tertiary/aromatic N) is 3. The quantitative estimate of drug-likeness (QED) is 0.810. The zero-order valence-corrected chi connectivity index (χ0v) is 11.5. The van der Waals surface area contributed by atoms with E-state index in [2.05, 4.69) is 26.1 Å². The molecule has 17 heavy (non-hydrogen) atoms. The average Bonchev–Trinajstić information content (AvgIpc) is 2.75. The Morgan fingerprint density at radius 2 is 2.18 bits per heavy atom. The summed E-state index contributed by atoms with van der Waals surface area (Å²) in [6, 6.07) is 4.87. The molecule has 0 bridgehead atoms. The third-order valence-corrected chi connectivity index (χ3v) is 3.32. The number of benzene rings is 1. The van der Waals surface area contributed by atoms with Crippen LogP contribution in [0, 0.1) is 5.82 Å². The summed E-state index contributed by atoms with van der Waals surface area (Å²) in [5, 5.41) is 8.03. The van der Waals surface area contributed by atoms with Crippen molar-refractivity contribution in [2.75, 3.05) is 0 Å². The number of aromatic nitrogens is 3. The van der Waals surface area contributed by atoms with Crippen LogP contribution >= 0.6 is 27.5 Å². The van der Waals surface area contributed by atoms with Crippen LogP contribution in [-0.2, 0) is 12.4 Å². The highest BCUT2D eigenvalue weighted by Crippen LogP contribution is 2.24. The van der Waals surface area contributed by atoms with Gasteiger partial charge in [0.15, 0.2) is 5.82 Å². The van der Waals surface area contributed by atoms with E-state index in [-0.39, 0.29) is 5.82 Å². The van der Waals surface area contributed by atoms with Gasteiger partial charge >= 0.3 is 0 Å². The van der Waals surface area contributed by atoms with Crippen LogP contribution in [0.25, 0.3) is 11.4 Å². The second-order valence-corrected chi connectivity index (χ2v) is 4.57. The molecule has 6 heteroatoms. The molecule has 0 aliphatic carbocycles. The van der Waals surface area contributed by atoms with Crippen molar-refractivity contribution in [3.05, 3.63) is 34.3 Å². The highest BCUT2D eigenvalue weighted by Gasteiger charge is 2.13. The Morgan fingerprint density at radius 1 is 1.41 bits per heavy atom. The summed E-state index contributed by atoms with van der Waals surface area (Å²) in [7, 11) is 0. The minimum Gasteiger partial charge on any atom is -0.310 e. The molecule has 1 heterocycles. The van der Waals surface area contributed by atoms with Gasteiger partial charge in [0.25, 0.3) is 0 Å². The lowest BCUT2D eigenvalue weighted by atomic mass is 10.2. The maximum absolute atomic E-state index is 13.5. The highest BCUT2D eigenvalue weighted by atomic mass is 79.9. The van der Waals surface area contributed by atoms with Crippen LogP contribution < -0.4 is 0 Å². The minimum atomic E-state index is -0.319. The molecule has 0 aliphatic rings. The summed E-state index contributed by atoms with van der Waals surface area (Å²) in [6.07, 6.45) is 0. The topological polar surface area (TPSA) is 30.7 Å². The Hall–Kier alpha value is -0.940. The van der Waals surface area contributed by atoms with E-state index in [1.807, 2.05) is 11.5 Å². The number of alkyl halides is 1. The van der Waals surface area contributed by atoms with Crippen molar-refractivity contribution in [2.45, 2.75) is 19.3 Å². The molecule has 1 aromatic carbocycles. The second kappa shape index (κ2) is 5.14. The molecule has 0 saturated heterocycles. The first-order valence-corrected chi connectivity index (χ1v) is 6.43. The fourth-order valence-corrected chi connectivity index (χ4v) is 2.06. The molecular formula is C11H10BrClFN3. The van der Waals surface area contributed by atoms with Crippen LogP contribution in [0.3, 0.4) is 0 Å². The van der Waals surface area contributed by atoms with Crippen molar-refractivity contribution >= 4 is 27.5 Å². The van der Waals surface area contributed by atoms with Crippen molar-refractivity contribution in [1.29, 1.82) is 0 Å². The number of rotatable bonds is 3. The van der Waals surface area contributed by atoms with E-state index in [1.165, 1.54) is 6.07 Å². The van der Waals surface area contributed by atoms with Gasteiger partial charge in [0.05, 0.1) is 10.4 Å². The van der Waals surface area contributed by atoms with Crippen molar-refractivity contribution in [2.24, 2.45) is 0 Å². The fourth-order valence-electron chi connectivity index (χ4n) is 1.62. The molecule has 0 amide bonds. The van der Waals surface area contributed by atoms with Gasteiger partial charge in [-0.25, -0.2) is 4.39 Å². The summed E-state index contributed by atoms with van der Waals surface area (Å²) in [5.41, 5.74) is 0.691. The van der Waals surface area contributed by atoms with Gasteiger partial charge < -0.3 is 4.57 Å². The third kappa shape index (κ3) is 2.35. The SMILES string of the molecule is CCn1c(CCl)nnc1-c1ccc(Br)c(F)c1. The lowest BCUT2D eigenvalue weighted by Gasteiger charge is -2.06. The molecule has 1 aromatic heterocycles. The smallest absolute Gasteiger partial charge is 0.164 e. The van der Waals surface area contributed by atoms with Crippen LogP contribution in [0.4, 0.5) is 4.39 Å². The number of hydrogen-bond donors (Lipinski definition) is 0. The van der Waals surface area contributed by atoms with E-state index in [0.29, 0.717) is 34.1 Å². The van der Waals surface area contributed by atoms with Crippen molar-refractivity contribution < 1.29 is 4.39 Å². The molecule has 0 saturated carbocycles. The van der Waals surface area contributed by atoms with Crippen molar-refractivity contribution in [3.63, 3.8) is 0 Å². The van der Waals surface area contributed by atoms with Gasteiger partial charge in [-0.05, 0) is 41.1 Å². The molecule has 2 aromatic rings. The Balaban J connectivity index is 2.52. The van der Waals surface area contributed by atoms with Gasteiger partial charge in [0.1, 0.15) is 11.6 Å². The van der Waals surface area contributed by atoms with E-state index in [4.69, 9.17) is 11.6 Å². The average molecular weight is 319 g/mol. The molecule has 0 fully saturated rings. The fraction of sp³-hybridized carbons (Fsp3) is 0.273. The first-order valence-electron chi connectivity index (χ1n) is 5.10. The Morgan fingerprint density at radius 3 is 2.76 bits per heavy atom. The van der Waals surface area contributed by atoms with Crippen LogP contribution in [0.15, 0.2) is 22.7 Å². The zero-order chi connectivity index (χ0) is 12.4. The van der Waals surface area contributed by atoms with Gasteiger partial charge in [-0.3, -0.25) is 0 Å². The summed E-state index contributed by atoms with van der Waals surface area (Å²) in [6.45, 7) is 2.67. The van der Waals surface area contributed by atoms with Gasteiger partial charge in [-0.2, -0.15) is 0 Å². The normalized spacial score (nSPS) is 10.8. The highest BCUT2D eigenvalue weighted by molar-refractivity contribution is 9.10. The molecule has 90 valence electrons. The standard InChI is InChI=1S/C11H10BrClFN3/c1-2-17-10(6-13)15-16-11(17)7-3-4-8(12)9(14)5-7/h3-5H,2,6H2,1H3. The van der Waals surface area contributed by atoms with Crippen LogP contribution in [0.5, 0.6) is 0 Å².